The minimum absolute atomic E-state index is 0.113. The predicted octanol–water partition coefficient (Wildman–Crippen LogP) is 1.93. The van der Waals surface area contributed by atoms with Gasteiger partial charge in [0.25, 0.3) is 0 Å². The molecule has 7 heteroatoms. The van der Waals surface area contributed by atoms with Crippen molar-refractivity contribution in [3.8, 4) is 5.75 Å². The summed E-state index contributed by atoms with van der Waals surface area (Å²) in [4.78, 5) is 30.3. The van der Waals surface area contributed by atoms with E-state index in [-0.39, 0.29) is 11.8 Å². The average molecular weight is 383 g/mol. The largest absolute Gasteiger partial charge is 0.497 e. The van der Waals surface area contributed by atoms with Gasteiger partial charge < -0.3 is 15.2 Å². The number of pyridine rings is 1. The minimum atomic E-state index is -0.859. The molecule has 2 atom stereocenters. The van der Waals surface area contributed by atoms with Gasteiger partial charge in [0.1, 0.15) is 5.75 Å². The van der Waals surface area contributed by atoms with Crippen molar-refractivity contribution < 1.29 is 19.4 Å². The molecule has 0 bridgehead atoms. The molecule has 1 saturated heterocycles. The third-order valence-electron chi connectivity index (χ3n) is 5.00. The first kappa shape index (κ1) is 19.8. The highest BCUT2D eigenvalue weighted by atomic mass is 16.5. The first-order valence-electron chi connectivity index (χ1n) is 9.30. The lowest BCUT2D eigenvalue weighted by Gasteiger charge is -2.35. The summed E-state index contributed by atoms with van der Waals surface area (Å²) in [5.74, 6) is -1.13. The molecule has 0 spiro atoms. The molecule has 1 fully saturated rings. The van der Waals surface area contributed by atoms with E-state index in [4.69, 9.17) is 4.74 Å². The number of carboxylic acid groups (broad SMARTS) is 1. The Bertz CT molecular complexity index is 812. The Kier molecular flexibility index (Phi) is 6.60. The van der Waals surface area contributed by atoms with Crippen LogP contribution in [0.4, 0.5) is 0 Å². The molecule has 0 saturated carbocycles. The zero-order valence-corrected chi connectivity index (χ0v) is 15.9. The number of amides is 1. The number of benzene rings is 1. The Hall–Kier alpha value is -2.93. The fourth-order valence-electron chi connectivity index (χ4n) is 3.55. The van der Waals surface area contributed by atoms with Gasteiger partial charge in [0, 0.05) is 38.6 Å². The van der Waals surface area contributed by atoms with E-state index >= 15 is 0 Å². The summed E-state index contributed by atoms with van der Waals surface area (Å²) < 4.78 is 5.26. The van der Waals surface area contributed by atoms with Gasteiger partial charge in [0.2, 0.25) is 5.91 Å². The normalized spacial score (nSPS) is 19.8. The van der Waals surface area contributed by atoms with E-state index in [9.17, 15) is 14.7 Å². The molecule has 2 heterocycles. The van der Waals surface area contributed by atoms with Crippen molar-refractivity contribution in [3.63, 3.8) is 0 Å². The maximum Gasteiger partial charge on any atom is 0.307 e. The van der Waals surface area contributed by atoms with Crippen LogP contribution < -0.4 is 10.1 Å². The number of rotatable bonds is 7. The second-order valence-electron chi connectivity index (χ2n) is 7.09. The van der Waals surface area contributed by atoms with Crippen molar-refractivity contribution in [2.75, 3.05) is 20.2 Å². The zero-order chi connectivity index (χ0) is 19.9. The summed E-state index contributed by atoms with van der Waals surface area (Å²) in [6, 6.07) is 11.4. The number of carbonyl (C=O) groups is 2. The van der Waals surface area contributed by atoms with Crippen molar-refractivity contribution in [1.82, 2.24) is 15.2 Å². The van der Waals surface area contributed by atoms with Gasteiger partial charge in [0.05, 0.1) is 18.9 Å². The second kappa shape index (κ2) is 9.32. The van der Waals surface area contributed by atoms with E-state index in [1.807, 2.05) is 41.3 Å². The Morgan fingerprint density at radius 3 is 2.64 bits per heavy atom. The number of methoxy groups -OCH3 is 1. The first-order valence-corrected chi connectivity index (χ1v) is 9.30. The lowest BCUT2D eigenvalue weighted by atomic mass is 9.88. The van der Waals surface area contributed by atoms with E-state index < -0.39 is 11.9 Å². The highest BCUT2D eigenvalue weighted by molar-refractivity contribution is 5.80. The van der Waals surface area contributed by atoms with Crippen LogP contribution in [0, 0.1) is 11.8 Å². The van der Waals surface area contributed by atoms with Gasteiger partial charge >= 0.3 is 5.97 Å². The summed E-state index contributed by atoms with van der Waals surface area (Å²) in [7, 11) is 1.61. The number of carboxylic acids is 1. The van der Waals surface area contributed by atoms with Crippen LogP contribution in [0.15, 0.2) is 48.8 Å². The molecule has 1 aromatic carbocycles. The maximum atomic E-state index is 12.7. The molecule has 28 heavy (non-hydrogen) atoms. The fraction of sp³-hybridized carbons (Fsp3) is 0.381. The molecule has 2 N–H and O–H groups in total. The lowest BCUT2D eigenvalue weighted by molar-refractivity contribution is -0.145. The van der Waals surface area contributed by atoms with Crippen molar-refractivity contribution in [3.05, 3.63) is 59.9 Å². The van der Waals surface area contributed by atoms with Crippen LogP contribution in [-0.4, -0.2) is 47.1 Å². The van der Waals surface area contributed by atoms with Crippen molar-refractivity contribution in [1.29, 1.82) is 0 Å². The monoisotopic (exact) mass is 383 g/mol. The highest BCUT2D eigenvalue weighted by Gasteiger charge is 2.35. The summed E-state index contributed by atoms with van der Waals surface area (Å²) in [6.07, 6.45) is 3.71. The quantitative estimate of drug-likeness (QED) is 0.759. The number of likely N-dealkylation sites (tertiary alicyclic amines) is 1. The first-order chi connectivity index (χ1) is 13.5. The van der Waals surface area contributed by atoms with Gasteiger partial charge in [-0.25, -0.2) is 0 Å². The molecular formula is C21H25N3O4. The molecule has 1 aromatic heterocycles. The molecule has 0 aliphatic carbocycles. The molecule has 0 unspecified atom stereocenters. The van der Waals surface area contributed by atoms with Gasteiger partial charge in [-0.1, -0.05) is 12.1 Å². The molecule has 1 amide bonds. The average Bonchev–Trinajstić information content (AvgIpc) is 2.72. The topological polar surface area (TPSA) is 91.8 Å². The van der Waals surface area contributed by atoms with Gasteiger partial charge in [-0.05, 0) is 41.8 Å². The molecule has 148 valence electrons. The number of ether oxygens (including phenoxy) is 1. The van der Waals surface area contributed by atoms with Gasteiger partial charge in [-0.15, -0.1) is 0 Å². The number of hydrogen-bond donors (Lipinski definition) is 2. The Morgan fingerprint density at radius 2 is 1.93 bits per heavy atom. The molecule has 1 aliphatic heterocycles. The summed E-state index contributed by atoms with van der Waals surface area (Å²) in [5.41, 5.74) is 1.99. The molecule has 0 radical (unpaired) electrons. The molecular weight excluding hydrogens is 358 g/mol. The molecule has 2 aromatic rings. The lowest BCUT2D eigenvalue weighted by Crippen LogP contribution is -2.47. The van der Waals surface area contributed by atoms with Crippen LogP contribution in [0.2, 0.25) is 0 Å². The van der Waals surface area contributed by atoms with E-state index in [2.05, 4.69) is 10.3 Å². The van der Waals surface area contributed by atoms with Crippen LogP contribution >= 0.6 is 0 Å². The molecule has 1 aliphatic rings. The number of nitrogens with zero attached hydrogens (tertiary/aromatic N) is 2. The molecule has 3 rings (SSSR count). The molecule has 7 nitrogen and oxygen atoms in total. The van der Waals surface area contributed by atoms with Crippen LogP contribution in [0.1, 0.15) is 17.5 Å². The smallest absolute Gasteiger partial charge is 0.307 e. The highest BCUT2D eigenvalue weighted by Crippen LogP contribution is 2.25. The minimum Gasteiger partial charge on any atom is -0.497 e. The van der Waals surface area contributed by atoms with Crippen molar-refractivity contribution in [2.24, 2.45) is 11.8 Å². The summed E-state index contributed by atoms with van der Waals surface area (Å²) in [5, 5.41) is 12.5. The van der Waals surface area contributed by atoms with Gasteiger partial charge in [0.15, 0.2) is 0 Å². The van der Waals surface area contributed by atoms with Crippen molar-refractivity contribution >= 4 is 11.9 Å². The Balaban J connectivity index is 1.65. The van der Waals surface area contributed by atoms with E-state index in [0.717, 1.165) is 16.9 Å². The zero-order valence-electron chi connectivity index (χ0n) is 15.9. The fourth-order valence-corrected chi connectivity index (χ4v) is 3.55. The number of aromatic nitrogens is 1. The number of piperidine rings is 1. The number of nitrogens with one attached hydrogen (secondary N) is 1. The van der Waals surface area contributed by atoms with Crippen molar-refractivity contribution in [2.45, 2.75) is 19.5 Å². The summed E-state index contributed by atoms with van der Waals surface area (Å²) in [6.45, 7) is 1.95. The van der Waals surface area contributed by atoms with Crippen LogP contribution in [-0.2, 0) is 22.7 Å². The SMILES string of the molecule is COc1cccc(CN2C[C@H](C(=O)O)C[C@H](C(=O)NCc3ccncc3)C2)c1. The number of aliphatic carboxylic acids is 1. The summed E-state index contributed by atoms with van der Waals surface area (Å²) >= 11 is 0. The number of carbonyl (C=O) groups excluding carboxylic acids is 1. The van der Waals surface area contributed by atoms with E-state index in [0.29, 0.717) is 32.6 Å². The van der Waals surface area contributed by atoms with Crippen LogP contribution in [0.3, 0.4) is 0 Å². The second-order valence-corrected chi connectivity index (χ2v) is 7.09. The van der Waals surface area contributed by atoms with Crippen LogP contribution in [0.25, 0.3) is 0 Å². The third-order valence-corrected chi connectivity index (χ3v) is 5.00. The van der Waals surface area contributed by atoms with Crippen LogP contribution in [0.5, 0.6) is 5.75 Å². The Morgan fingerprint density at radius 1 is 1.18 bits per heavy atom. The third kappa shape index (κ3) is 5.29. The maximum absolute atomic E-state index is 12.7. The van der Waals surface area contributed by atoms with Gasteiger partial charge in [-0.2, -0.15) is 0 Å². The number of hydrogen-bond acceptors (Lipinski definition) is 5. The Labute approximate surface area is 164 Å². The van der Waals surface area contributed by atoms with Gasteiger partial charge in [-0.3, -0.25) is 19.5 Å². The standard InChI is InChI=1S/C21H25N3O4/c1-28-19-4-2-3-16(9-19)12-24-13-17(10-18(14-24)21(26)27)20(25)23-11-15-5-7-22-8-6-15/h2-9,17-18H,10-14H2,1H3,(H,23,25)(H,26,27)/t17-,18+/m0/s1. The predicted molar refractivity (Wildman–Crippen MR) is 104 cm³/mol. The van der Waals surface area contributed by atoms with E-state index in [1.165, 1.54) is 0 Å². The van der Waals surface area contributed by atoms with E-state index in [1.54, 1.807) is 19.5 Å².